The van der Waals surface area contributed by atoms with Gasteiger partial charge in [0.25, 0.3) is 0 Å². The summed E-state index contributed by atoms with van der Waals surface area (Å²) in [7, 11) is 0. The maximum absolute atomic E-state index is 10.5. The first-order valence-electron chi connectivity index (χ1n) is 5.74. The van der Waals surface area contributed by atoms with Crippen LogP contribution in [0, 0.1) is 5.92 Å². The van der Waals surface area contributed by atoms with Crippen LogP contribution in [-0.4, -0.2) is 23.7 Å². The van der Waals surface area contributed by atoms with Crippen LogP contribution in [0.15, 0.2) is 11.6 Å². The highest BCUT2D eigenvalue weighted by atomic mass is 16.4. The number of nitrogens with one attached hydrogen (secondary N) is 1. The van der Waals surface area contributed by atoms with Crippen molar-refractivity contribution in [3.63, 3.8) is 0 Å². The topological polar surface area (TPSA) is 49.3 Å². The van der Waals surface area contributed by atoms with Crippen molar-refractivity contribution in [2.24, 2.45) is 5.92 Å². The molecule has 0 aromatic rings. The molecular weight excluding hydrogens is 190 g/mol. The molecule has 0 aliphatic heterocycles. The van der Waals surface area contributed by atoms with E-state index in [4.69, 9.17) is 5.11 Å². The fourth-order valence-corrected chi connectivity index (χ4v) is 2.11. The van der Waals surface area contributed by atoms with Gasteiger partial charge in [0.15, 0.2) is 0 Å². The fraction of sp³-hybridized carbons (Fsp3) is 0.750. The van der Waals surface area contributed by atoms with Crippen molar-refractivity contribution in [1.82, 2.24) is 5.32 Å². The number of hydrogen-bond donors (Lipinski definition) is 2. The highest BCUT2D eigenvalue weighted by Crippen LogP contribution is 2.27. The third-order valence-electron chi connectivity index (χ3n) is 3.29. The Morgan fingerprint density at radius 1 is 1.53 bits per heavy atom. The molecular formula is C12H21NO2. The third-order valence-corrected chi connectivity index (χ3v) is 3.29. The minimum atomic E-state index is -0.828. The molecule has 1 aliphatic carbocycles. The molecule has 1 aliphatic rings. The molecule has 1 fully saturated rings. The fourth-order valence-electron chi connectivity index (χ4n) is 2.11. The van der Waals surface area contributed by atoms with Crippen molar-refractivity contribution >= 4 is 5.97 Å². The van der Waals surface area contributed by atoms with Crippen molar-refractivity contribution < 1.29 is 9.90 Å². The Morgan fingerprint density at radius 2 is 2.13 bits per heavy atom. The van der Waals surface area contributed by atoms with E-state index in [-0.39, 0.29) is 0 Å². The predicted octanol–water partition coefficient (Wildman–Crippen LogP) is 2.19. The van der Waals surface area contributed by atoms with Crippen LogP contribution in [0.3, 0.4) is 0 Å². The molecule has 1 saturated carbocycles. The monoisotopic (exact) mass is 211 g/mol. The Balaban J connectivity index is 2.24. The van der Waals surface area contributed by atoms with Crippen LogP contribution in [0.4, 0.5) is 0 Å². The van der Waals surface area contributed by atoms with E-state index in [1.165, 1.54) is 25.7 Å². The number of aliphatic carboxylic acids is 1. The van der Waals surface area contributed by atoms with Gasteiger partial charge in [0, 0.05) is 18.2 Å². The summed E-state index contributed by atoms with van der Waals surface area (Å²) in [6.45, 7) is 4.49. The van der Waals surface area contributed by atoms with E-state index >= 15 is 0 Å². The molecule has 3 heteroatoms. The molecule has 3 nitrogen and oxygen atoms in total. The second kappa shape index (κ2) is 5.91. The lowest BCUT2D eigenvalue weighted by Gasteiger charge is -2.19. The van der Waals surface area contributed by atoms with Crippen molar-refractivity contribution in [3.8, 4) is 0 Å². The van der Waals surface area contributed by atoms with Crippen LogP contribution in [0.2, 0.25) is 0 Å². The van der Waals surface area contributed by atoms with Crippen LogP contribution in [-0.2, 0) is 4.79 Å². The highest BCUT2D eigenvalue weighted by Gasteiger charge is 2.20. The van der Waals surface area contributed by atoms with E-state index in [9.17, 15) is 4.79 Å². The molecule has 0 aromatic carbocycles. The van der Waals surface area contributed by atoms with Crippen LogP contribution in [0.25, 0.3) is 0 Å². The molecule has 86 valence electrons. The van der Waals surface area contributed by atoms with Crippen molar-refractivity contribution in [2.75, 3.05) is 6.54 Å². The van der Waals surface area contributed by atoms with Crippen LogP contribution >= 0.6 is 0 Å². The van der Waals surface area contributed by atoms with Gasteiger partial charge in [-0.3, -0.25) is 0 Å². The lowest BCUT2D eigenvalue weighted by Crippen LogP contribution is -2.32. The van der Waals surface area contributed by atoms with Crippen LogP contribution in [0.5, 0.6) is 0 Å². The number of hydrogen-bond acceptors (Lipinski definition) is 2. The minimum Gasteiger partial charge on any atom is -0.478 e. The number of carboxylic acids is 1. The largest absolute Gasteiger partial charge is 0.478 e. The van der Waals surface area contributed by atoms with Gasteiger partial charge < -0.3 is 10.4 Å². The summed E-state index contributed by atoms with van der Waals surface area (Å²) in [5.41, 5.74) is 0.418. The van der Waals surface area contributed by atoms with E-state index < -0.39 is 5.97 Å². The lowest BCUT2D eigenvalue weighted by atomic mass is 10.00. The summed E-state index contributed by atoms with van der Waals surface area (Å²) in [5.74, 6) is -0.0474. The zero-order valence-electron chi connectivity index (χ0n) is 9.62. The average molecular weight is 211 g/mol. The quantitative estimate of drug-likeness (QED) is 0.685. The molecule has 0 unspecified atom stereocenters. The molecule has 2 N–H and O–H groups in total. The highest BCUT2D eigenvalue weighted by molar-refractivity contribution is 5.85. The van der Waals surface area contributed by atoms with Gasteiger partial charge >= 0.3 is 5.97 Å². The Kier molecular flexibility index (Phi) is 4.82. The third kappa shape index (κ3) is 4.04. The smallest absolute Gasteiger partial charge is 0.330 e. The SMILES string of the molecule is C/C(=C/CN[C@@H](C)C1CCCC1)C(=O)O. The molecule has 0 spiro atoms. The summed E-state index contributed by atoms with van der Waals surface area (Å²) in [6, 6.07) is 0.505. The predicted molar refractivity (Wildman–Crippen MR) is 60.8 cm³/mol. The standard InChI is InChI=1S/C12H21NO2/c1-9(12(14)15)7-8-13-10(2)11-5-3-4-6-11/h7,10-11,13H,3-6,8H2,1-2H3,(H,14,15)/b9-7-/t10-/m0/s1. The van der Waals surface area contributed by atoms with Crippen molar-refractivity contribution in [3.05, 3.63) is 11.6 Å². The summed E-state index contributed by atoms with van der Waals surface area (Å²) in [5, 5.41) is 12.0. The van der Waals surface area contributed by atoms with E-state index in [2.05, 4.69) is 12.2 Å². The maximum atomic E-state index is 10.5. The zero-order chi connectivity index (χ0) is 11.3. The Hall–Kier alpha value is -0.830. The number of rotatable bonds is 5. The Labute approximate surface area is 91.6 Å². The average Bonchev–Trinajstić information content (AvgIpc) is 2.70. The van der Waals surface area contributed by atoms with Gasteiger partial charge in [0.2, 0.25) is 0 Å². The summed E-state index contributed by atoms with van der Waals surface area (Å²) in [6.07, 6.45) is 7.07. The molecule has 0 aromatic heterocycles. The minimum absolute atomic E-state index is 0.418. The normalized spacial score (nSPS) is 20.5. The van der Waals surface area contributed by atoms with Crippen molar-refractivity contribution in [2.45, 2.75) is 45.6 Å². The van der Waals surface area contributed by atoms with Crippen LogP contribution in [0.1, 0.15) is 39.5 Å². The first-order chi connectivity index (χ1) is 7.11. The van der Waals surface area contributed by atoms with E-state index in [1.807, 2.05) is 0 Å². The van der Waals surface area contributed by atoms with Gasteiger partial charge in [0.05, 0.1) is 0 Å². The number of carbonyl (C=O) groups is 1. The second-order valence-corrected chi connectivity index (χ2v) is 4.43. The van der Waals surface area contributed by atoms with Gasteiger partial charge in [-0.25, -0.2) is 4.79 Å². The maximum Gasteiger partial charge on any atom is 0.330 e. The van der Waals surface area contributed by atoms with Gasteiger partial charge in [-0.1, -0.05) is 18.9 Å². The molecule has 0 amide bonds. The van der Waals surface area contributed by atoms with Crippen LogP contribution < -0.4 is 5.32 Å². The Morgan fingerprint density at radius 3 is 2.67 bits per heavy atom. The second-order valence-electron chi connectivity index (χ2n) is 4.43. The van der Waals surface area contributed by atoms with E-state index in [0.29, 0.717) is 18.2 Å². The van der Waals surface area contributed by atoms with E-state index in [0.717, 1.165) is 5.92 Å². The first-order valence-corrected chi connectivity index (χ1v) is 5.74. The van der Waals surface area contributed by atoms with Gasteiger partial charge in [0.1, 0.15) is 0 Å². The Bertz CT molecular complexity index is 242. The molecule has 0 radical (unpaired) electrons. The van der Waals surface area contributed by atoms with Gasteiger partial charge in [-0.05, 0) is 32.6 Å². The molecule has 1 rings (SSSR count). The van der Waals surface area contributed by atoms with Gasteiger partial charge in [-0.2, -0.15) is 0 Å². The molecule has 0 bridgehead atoms. The summed E-state index contributed by atoms with van der Waals surface area (Å²) >= 11 is 0. The molecule has 1 atom stereocenters. The summed E-state index contributed by atoms with van der Waals surface area (Å²) in [4.78, 5) is 10.5. The molecule has 0 saturated heterocycles. The molecule has 15 heavy (non-hydrogen) atoms. The number of carboxylic acid groups (broad SMARTS) is 1. The van der Waals surface area contributed by atoms with Gasteiger partial charge in [-0.15, -0.1) is 0 Å². The zero-order valence-corrected chi connectivity index (χ0v) is 9.62. The summed E-state index contributed by atoms with van der Waals surface area (Å²) < 4.78 is 0. The lowest BCUT2D eigenvalue weighted by molar-refractivity contribution is -0.132. The first kappa shape index (κ1) is 12.2. The van der Waals surface area contributed by atoms with E-state index in [1.54, 1.807) is 13.0 Å². The van der Waals surface area contributed by atoms with Crippen molar-refractivity contribution in [1.29, 1.82) is 0 Å². The molecule has 0 heterocycles.